The summed E-state index contributed by atoms with van der Waals surface area (Å²) in [5, 5.41) is 3.03. The Bertz CT molecular complexity index is 1730. The Balaban J connectivity index is 5.05. The molecule has 10 heteroatoms. The fourth-order valence-corrected chi connectivity index (χ4v) is 11.1. The number of carbonyl (C=O) groups is 2. The molecule has 0 aliphatic carbocycles. The number of likely N-dealkylation sites (N-methyl/N-ethyl adjacent to an activating group) is 1. The first kappa shape index (κ1) is 82.2. The van der Waals surface area contributed by atoms with E-state index in [0.29, 0.717) is 17.4 Å². The van der Waals surface area contributed by atoms with Crippen LogP contribution in [0.15, 0.2) is 85.1 Å². The predicted octanol–water partition coefficient (Wildman–Crippen LogP) is 22.3. The van der Waals surface area contributed by atoms with Crippen molar-refractivity contribution in [3.8, 4) is 0 Å². The third kappa shape index (κ3) is 65.5. The number of hydrogen-bond donors (Lipinski definition) is 1. The van der Waals surface area contributed by atoms with E-state index in [9.17, 15) is 19.0 Å². The van der Waals surface area contributed by atoms with Crippen molar-refractivity contribution in [2.75, 3.05) is 40.9 Å². The molecule has 0 spiro atoms. The van der Waals surface area contributed by atoms with Gasteiger partial charge >= 0.3 is 5.97 Å². The van der Waals surface area contributed by atoms with Crippen molar-refractivity contribution < 1.29 is 37.3 Å². The predicted molar refractivity (Wildman–Crippen MR) is 367 cm³/mol. The van der Waals surface area contributed by atoms with Crippen molar-refractivity contribution in [3.05, 3.63) is 85.1 Å². The van der Waals surface area contributed by atoms with Crippen LogP contribution in [0.25, 0.3) is 0 Å². The Morgan fingerprint density at radius 2 is 0.753 bits per heavy atom. The van der Waals surface area contributed by atoms with Crippen LogP contribution in [0.3, 0.4) is 0 Å². The Labute approximate surface area is 526 Å². The first-order valence-electron chi connectivity index (χ1n) is 35.9. The third-order valence-electron chi connectivity index (χ3n) is 15.8. The average Bonchev–Trinajstić information content (AvgIpc) is 3.62. The molecule has 0 rings (SSSR count). The smallest absolute Gasteiger partial charge is 0.306 e. The first-order chi connectivity index (χ1) is 41.4. The summed E-state index contributed by atoms with van der Waals surface area (Å²) in [4.78, 5) is 40.2. The summed E-state index contributed by atoms with van der Waals surface area (Å²) >= 11 is 0. The number of ether oxygens (including phenoxy) is 1. The molecule has 0 saturated heterocycles. The summed E-state index contributed by atoms with van der Waals surface area (Å²) in [5.41, 5.74) is 0. The minimum absolute atomic E-state index is 0.0297. The lowest BCUT2D eigenvalue weighted by molar-refractivity contribution is -0.870. The van der Waals surface area contributed by atoms with Gasteiger partial charge in [0.1, 0.15) is 19.3 Å². The summed E-state index contributed by atoms with van der Waals surface area (Å²) in [6.45, 7) is 6.74. The molecule has 0 aromatic rings. The number of nitrogens with zero attached hydrogens (tertiary/aromatic N) is 1. The van der Waals surface area contributed by atoms with E-state index < -0.39 is 26.6 Å². The van der Waals surface area contributed by atoms with E-state index in [-0.39, 0.29) is 31.3 Å². The number of carbonyl (C=O) groups excluding carboxylic acids is 2. The van der Waals surface area contributed by atoms with Gasteiger partial charge in [0.2, 0.25) is 5.91 Å². The van der Waals surface area contributed by atoms with E-state index in [1.807, 2.05) is 33.3 Å². The highest BCUT2D eigenvalue weighted by Crippen LogP contribution is 2.38. The molecule has 494 valence electrons. The number of unbranched alkanes of at least 4 members (excludes halogenated alkanes) is 37. The number of rotatable bonds is 65. The van der Waals surface area contributed by atoms with Gasteiger partial charge in [-0.05, 0) is 83.1 Å². The summed E-state index contributed by atoms with van der Waals surface area (Å²) in [5.74, 6) is -0.562. The second-order valence-corrected chi connectivity index (χ2v) is 26.8. The van der Waals surface area contributed by atoms with Crippen LogP contribution in [0, 0.1) is 0 Å². The molecule has 0 aliphatic heterocycles. The lowest BCUT2D eigenvalue weighted by atomic mass is 10.0. The van der Waals surface area contributed by atoms with E-state index in [4.69, 9.17) is 13.8 Å². The molecule has 0 aliphatic rings. The molecule has 0 heterocycles. The van der Waals surface area contributed by atoms with E-state index in [2.05, 4.69) is 99.0 Å². The Hall–Kier alpha value is -2.81. The standard InChI is InChI=1S/C75H137N2O7P/c1-7-10-13-16-19-22-25-27-29-31-33-35-37-38-40-42-44-46-48-50-53-56-59-62-65-68-75(79)84-73(66-63-60-57-54-51-24-21-18-15-12-9-3)72(71-83-85(80,81)82-70-69-77(4,5)6)76-74(78)67-64-61-58-55-52-49-47-45-43-41-39-36-34-32-30-28-26-23-20-17-14-11-8-2/h11,14,20,23,28,30,34,36,41,43,47,49,63,66,72-73H,7-10,12-13,15-19,21-22,24-27,29,31-33,35,37-40,42,44-46,48,50-62,64-65,67-71H2,1-6H3,(H-,76,78,80,81)/b14-11-,23-20-,30-28-,36-34-,43-41-,49-47-,66-63+. The zero-order chi connectivity index (χ0) is 62.1. The molecule has 1 amide bonds. The number of esters is 1. The van der Waals surface area contributed by atoms with Gasteiger partial charge in [-0.15, -0.1) is 0 Å². The third-order valence-corrected chi connectivity index (χ3v) is 16.8. The molecule has 3 unspecified atom stereocenters. The second kappa shape index (κ2) is 64.2. The van der Waals surface area contributed by atoms with Crippen LogP contribution in [-0.4, -0.2) is 69.4 Å². The Kier molecular flexibility index (Phi) is 62.1. The summed E-state index contributed by atoms with van der Waals surface area (Å²) < 4.78 is 30.4. The number of hydrogen-bond acceptors (Lipinski definition) is 7. The van der Waals surface area contributed by atoms with Gasteiger partial charge < -0.3 is 28.5 Å². The second-order valence-electron chi connectivity index (χ2n) is 25.4. The minimum atomic E-state index is -4.71. The zero-order valence-electron chi connectivity index (χ0n) is 56.6. The molecular formula is C75H137N2O7P. The van der Waals surface area contributed by atoms with E-state index in [1.54, 1.807) is 0 Å². The van der Waals surface area contributed by atoms with Crippen LogP contribution in [0.5, 0.6) is 0 Å². The van der Waals surface area contributed by atoms with Crippen LogP contribution in [0.4, 0.5) is 0 Å². The maximum atomic E-state index is 13.6. The number of amides is 1. The summed E-state index contributed by atoms with van der Waals surface area (Å²) in [6.07, 6.45) is 85.8. The Morgan fingerprint density at radius 1 is 0.424 bits per heavy atom. The van der Waals surface area contributed by atoms with Crippen molar-refractivity contribution in [2.24, 2.45) is 0 Å². The molecule has 1 N–H and O–H groups in total. The molecular weight excluding hydrogens is 1070 g/mol. The number of phosphoric acid groups is 1. The van der Waals surface area contributed by atoms with E-state index in [0.717, 1.165) is 103 Å². The number of phosphoric ester groups is 1. The average molecular weight is 1210 g/mol. The molecule has 0 saturated carbocycles. The van der Waals surface area contributed by atoms with Crippen LogP contribution in [0.1, 0.15) is 329 Å². The van der Waals surface area contributed by atoms with Crippen LogP contribution in [-0.2, 0) is 27.9 Å². The zero-order valence-corrected chi connectivity index (χ0v) is 57.4. The van der Waals surface area contributed by atoms with Gasteiger partial charge in [-0.25, -0.2) is 0 Å². The molecule has 3 atom stereocenters. The Morgan fingerprint density at radius 3 is 1.13 bits per heavy atom. The van der Waals surface area contributed by atoms with E-state index in [1.165, 1.54) is 186 Å². The number of allylic oxidation sites excluding steroid dienone is 13. The van der Waals surface area contributed by atoms with Gasteiger partial charge in [0.25, 0.3) is 7.82 Å². The SMILES string of the molecule is CC/C=C\C/C=C\C/C=C\C/C=C\C/C=C\C/C=C\CCCCCCC(=O)NC(COP(=O)([O-])OCC[N+](C)(C)C)C(/C=C/CCCCCCCCCCC)OC(=O)CCCCCCCCCCCCCCCCCCCCCCCCCCC. The van der Waals surface area contributed by atoms with Gasteiger partial charge in [0.15, 0.2) is 0 Å². The van der Waals surface area contributed by atoms with Crippen molar-refractivity contribution in [2.45, 2.75) is 341 Å². The van der Waals surface area contributed by atoms with E-state index >= 15 is 0 Å². The molecule has 0 bridgehead atoms. The van der Waals surface area contributed by atoms with Crippen molar-refractivity contribution >= 4 is 19.7 Å². The van der Waals surface area contributed by atoms with Gasteiger partial charge in [-0.2, -0.15) is 0 Å². The van der Waals surface area contributed by atoms with Crippen molar-refractivity contribution in [1.82, 2.24) is 5.32 Å². The largest absolute Gasteiger partial charge is 0.756 e. The summed E-state index contributed by atoms with van der Waals surface area (Å²) in [7, 11) is 1.17. The number of quaternary nitrogens is 1. The molecule has 0 radical (unpaired) electrons. The normalized spacial score (nSPS) is 14.0. The molecule has 0 aromatic carbocycles. The fraction of sp³-hybridized carbons (Fsp3) is 0.787. The minimum Gasteiger partial charge on any atom is -0.756 e. The molecule has 9 nitrogen and oxygen atoms in total. The van der Waals surface area contributed by atoms with Gasteiger partial charge in [0.05, 0.1) is 33.8 Å². The quantitative estimate of drug-likeness (QED) is 0.0212. The van der Waals surface area contributed by atoms with Crippen molar-refractivity contribution in [1.29, 1.82) is 0 Å². The monoisotopic (exact) mass is 1210 g/mol. The molecule has 0 fully saturated rings. The number of nitrogens with one attached hydrogen (secondary N) is 1. The van der Waals surface area contributed by atoms with Crippen LogP contribution < -0.4 is 10.2 Å². The lowest BCUT2D eigenvalue weighted by Gasteiger charge is -2.30. The highest BCUT2D eigenvalue weighted by atomic mass is 31.2. The van der Waals surface area contributed by atoms with Gasteiger partial charge in [0, 0.05) is 12.8 Å². The topological polar surface area (TPSA) is 114 Å². The fourth-order valence-electron chi connectivity index (χ4n) is 10.4. The van der Waals surface area contributed by atoms with Crippen LogP contribution >= 0.6 is 7.82 Å². The first-order valence-corrected chi connectivity index (χ1v) is 37.4. The highest BCUT2D eigenvalue weighted by molar-refractivity contribution is 7.45. The van der Waals surface area contributed by atoms with Crippen molar-refractivity contribution in [3.63, 3.8) is 0 Å². The van der Waals surface area contributed by atoms with Gasteiger partial charge in [-0.3, -0.25) is 14.2 Å². The highest BCUT2D eigenvalue weighted by Gasteiger charge is 2.27. The lowest BCUT2D eigenvalue weighted by Crippen LogP contribution is -2.47. The maximum Gasteiger partial charge on any atom is 0.306 e. The van der Waals surface area contributed by atoms with Gasteiger partial charge in [-0.1, -0.05) is 318 Å². The maximum absolute atomic E-state index is 13.6. The molecule has 85 heavy (non-hydrogen) atoms. The molecule has 0 aromatic heterocycles. The summed E-state index contributed by atoms with van der Waals surface area (Å²) in [6, 6.07) is -0.905. The van der Waals surface area contributed by atoms with Crippen LogP contribution in [0.2, 0.25) is 0 Å².